The Morgan fingerprint density at radius 3 is 2.88 bits per heavy atom. The van der Waals surface area contributed by atoms with Crippen LogP contribution in [0.4, 0.5) is 0 Å². The van der Waals surface area contributed by atoms with Crippen molar-refractivity contribution in [3.63, 3.8) is 0 Å². The van der Waals surface area contributed by atoms with E-state index in [1.165, 1.54) is 11.5 Å². The van der Waals surface area contributed by atoms with Crippen LogP contribution in [0.5, 0.6) is 0 Å². The van der Waals surface area contributed by atoms with Crippen molar-refractivity contribution in [2.45, 2.75) is 19.4 Å². The molecule has 1 unspecified atom stereocenters. The molecule has 1 atom stereocenters. The molecule has 17 heavy (non-hydrogen) atoms. The first-order valence-electron chi connectivity index (χ1n) is 5.42. The molecule has 2 aromatic rings. The Bertz CT molecular complexity index is 448. The summed E-state index contributed by atoms with van der Waals surface area (Å²) in [6, 6.07) is 0.00921. The smallest absolute Gasteiger partial charge is 0.0889 e. The maximum absolute atomic E-state index is 6.18. The van der Waals surface area contributed by atoms with Crippen molar-refractivity contribution in [1.29, 1.82) is 0 Å². The van der Waals surface area contributed by atoms with E-state index >= 15 is 0 Å². The van der Waals surface area contributed by atoms with Gasteiger partial charge in [0.1, 0.15) is 0 Å². The van der Waals surface area contributed by atoms with Gasteiger partial charge in [0.05, 0.1) is 34.0 Å². The number of rotatable bonds is 5. The summed E-state index contributed by atoms with van der Waals surface area (Å²) in [5, 5.41) is 12.1. The van der Waals surface area contributed by atoms with Crippen LogP contribution in [0.15, 0.2) is 12.4 Å². The first-order valence-corrected chi connectivity index (χ1v) is 6.57. The van der Waals surface area contributed by atoms with Gasteiger partial charge in [0.15, 0.2) is 0 Å². The summed E-state index contributed by atoms with van der Waals surface area (Å²) in [4.78, 5) is 1.05. The number of nitrogens with one attached hydrogen (secondary N) is 1. The molecule has 5 nitrogen and oxygen atoms in total. The van der Waals surface area contributed by atoms with Crippen molar-refractivity contribution in [3.8, 4) is 0 Å². The van der Waals surface area contributed by atoms with Crippen LogP contribution in [0.25, 0.3) is 0 Å². The van der Waals surface area contributed by atoms with E-state index in [0.717, 1.165) is 23.5 Å². The Balaban J connectivity index is 2.33. The fourth-order valence-electron chi connectivity index (χ4n) is 1.67. The van der Waals surface area contributed by atoms with Gasteiger partial charge in [-0.05, 0) is 24.5 Å². The van der Waals surface area contributed by atoms with E-state index in [2.05, 4.69) is 26.9 Å². The summed E-state index contributed by atoms with van der Waals surface area (Å²) < 4.78 is 5.69. The van der Waals surface area contributed by atoms with Gasteiger partial charge in [-0.1, -0.05) is 23.0 Å². The van der Waals surface area contributed by atoms with E-state index < -0.39 is 0 Å². The van der Waals surface area contributed by atoms with E-state index in [1.807, 2.05) is 7.05 Å². The summed E-state index contributed by atoms with van der Waals surface area (Å²) in [5.41, 5.74) is 0.950. The van der Waals surface area contributed by atoms with Crippen LogP contribution < -0.4 is 5.32 Å². The fourth-order valence-corrected chi connectivity index (χ4v) is 2.53. The molecular formula is C10H14ClN5S. The molecule has 0 aliphatic rings. The summed E-state index contributed by atoms with van der Waals surface area (Å²) in [6.45, 7) is 3.03. The number of aromatic nitrogens is 4. The second-order valence-electron chi connectivity index (χ2n) is 3.71. The lowest BCUT2D eigenvalue weighted by atomic mass is 10.1. The molecule has 0 spiro atoms. The maximum Gasteiger partial charge on any atom is 0.0889 e. The molecule has 1 N–H and O–H groups in total. The van der Waals surface area contributed by atoms with E-state index in [0.29, 0.717) is 5.02 Å². The molecule has 0 aliphatic heterocycles. The van der Waals surface area contributed by atoms with Crippen LogP contribution in [0, 0.1) is 0 Å². The molecule has 7 heteroatoms. The largest absolute Gasteiger partial charge is 0.304 e. The normalized spacial score (nSPS) is 12.9. The van der Waals surface area contributed by atoms with Crippen molar-refractivity contribution >= 4 is 23.1 Å². The van der Waals surface area contributed by atoms with E-state index in [4.69, 9.17) is 11.6 Å². The summed E-state index contributed by atoms with van der Waals surface area (Å²) in [5.74, 6) is 0. The molecule has 0 saturated carbocycles. The minimum Gasteiger partial charge on any atom is -0.304 e. The quantitative estimate of drug-likeness (QED) is 0.904. The fraction of sp³-hybridized carbons (Fsp3) is 0.500. The van der Waals surface area contributed by atoms with Crippen molar-refractivity contribution in [1.82, 2.24) is 24.7 Å². The monoisotopic (exact) mass is 271 g/mol. The number of hydrogen-bond acceptors (Lipinski definition) is 5. The van der Waals surface area contributed by atoms with Crippen molar-refractivity contribution in [2.75, 3.05) is 6.54 Å². The molecule has 0 aliphatic carbocycles. The van der Waals surface area contributed by atoms with Gasteiger partial charge < -0.3 is 5.32 Å². The van der Waals surface area contributed by atoms with E-state index in [-0.39, 0.29) is 6.04 Å². The predicted molar refractivity (Wildman–Crippen MR) is 68.3 cm³/mol. The summed E-state index contributed by atoms with van der Waals surface area (Å²) in [6.07, 6.45) is 4.48. The van der Waals surface area contributed by atoms with Gasteiger partial charge >= 0.3 is 0 Å². The van der Waals surface area contributed by atoms with Gasteiger partial charge in [0.2, 0.25) is 0 Å². The Hall–Kier alpha value is -0.980. The van der Waals surface area contributed by atoms with E-state index in [1.54, 1.807) is 17.1 Å². The SMILES string of the molecule is CCCNC(c1cnns1)c1c(Cl)cnn1C. The molecule has 0 fully saturated rings. The predicted octanol–water partition coefficient (Wildman–Crippen LogP) is 2.01. The molecule has 0 bridgehead atoms. The highest BCUT2D eigenvalue weighted by molar-refractivity contribution is 7.05. The van der Waals surface area contributed by atoms with Crippen LogP contribution in [0.3, 0.4) is 0 Å². The lowest BCUT2D eigenvalue weighted by molar-refractivity contribution is 0.559. The van der Waals surface area contributed by atoms with Gasteiger partial charge in [0.25, 0.3) is 0 Å². The maximum atomic E-state index is 6.18. The zero-order valence-electron chi connectivity index (χ0n) is 9.72. The molecule has 0 amide bonds. The average molecular weight is 272 g/mol. The Labute approximate surface area is 109 Å². The standard InChI is InChI=1S/C10H14ClN5S/c1-3-4-12-9(8-6-13-15-17-8)10-7(11)5-14-16(10)2/h5-6,9,12H,3-4H2,1-2H3. The van der Waals surface area contributed by atoms with Crippen molar-refractivity contribution < 1.29 is 0 Å². The third-order valence-corrected chi connectivity index (χ3v) is 3.49. The second kappa shape index (κ2) is 5.57. The van der Waals surface area contributed by atoms with Crippen LogP contribution in [-0.4, -0.2) is 25.9 Å². The van der Waals surface area contributed by atoms with E-state index in [9.17, 15) is 0 Å². The zero-order valence-corrected chi connectivity index (χ0v) is 11.3. The first kappa shape index (κ1) is 12.5. The Morgan fingerprint density at radius 1 is 1.53 bits per heavy atom. The topological polar surface area (TPSA) is 55.6 Å². The van der Waals surface area contributed by atoms with Gasteiger partial charge in [0, 0.05) is 7.05 Å². The summed E-state index contributed by atoms with van der Waals surface area (Å²) in [7, 11) is 1.89. The number of halogens is 1. The third kappa shape index (κ3) is 2.65. The molecule has 0 radical (unpaired) electrons. The Morgan fingerprint density at radius 2 is 2.35 bits per heavy atom. The number of nitrogens with zero attached hydrogens (tertiary/aromatic N) is 4. The van der Waals surface area contributed by atoms with Crippen LogP contribution in [0.1, 0.15) is 30.0 Å². The lowest BCUT2D eigenvalue weighted by Crippen LogP contribution is -2.24. The van der Waals surface area contributed by atoms with Gasteiger partial charge in [-0.3, -0.25) is 4.68 Å². The molecule has 0 aromatic carbocycles. The van der Waals surface area contributed by atoms with Crippen molar-refractivity contribution in [3.05, 3.63) is 28.0 Å². The molecule has 2 rings (SSSR count). The molecule has 2 heterocycles. The van der Waals surface area contributed by atoms with Gasteiger partial charge in [-0.15, -0.1) is 5.10 Å². The van der Waals surface area contributed by atoms with Gasteiger partial charge in [-0.25, -0.2) is 0 Å². The lowest BCUT2D eigenvalue weighted by Gasteiger charge is -2.17. The molecule has 92 valence electrons. The number of hydrogen-bond donors (Lipinski definition) is 1. The second-order valence-corrected chi connectivity index (χ2v) is 4.93. The Kier molecular flexibility index (Phi) is 4.09. The molecule has 0 saturated heterocycles. The highest BCUT2D eigenvalue weighted by Crippen LogP contribution is 2.28. The zero-order chi connectivity index (χ0) is 12.3. The van der Waals surface area contributed by atoms with Gasteiger partial charge in [-0.2, -0.15) is 5.10 Å². The van der Waals surface area contributed by atoms with Crippen molar-refractivity contribution in [2.24, 2.45) is 7.05 Å². The average Bonchev–Trinajstić information content (AvgIpc) is 2.93. The van der Waals surface area contributed by atoms with Crippen LogP contribution >= 0.6 is 23.1 Å². The third-order valence-electron chi connectivity index (χ3n) is 2.47. The highest BCUT2D eigenvalue weighted by atomic mass is 35.5. The van der Waals surface area contributed by atoms with Crippen LogP contribution in [0.2, 0.25) is 5.02 Å². The van der Waals surface area contributed by atoms with Crippen LogP contribution in [-0.2, 0) is 7.05 Å². The minimum atomic E-state index is 0.00921. The summed E-state index contributed by atoms with van der Waals surface area (Å²) >= 11 is 7.55. The highest BCUT2D eigenvalue weighted by Gasteiger charge is 2.22. The number of aryl methyl sites for hydroxylation is 1. The molecular weight excluding hydrogens is 258 g/mol. The molecule has 2 aromatic heterocycles. The first-order chi connectivity index (χ1) is 8.24. The minimum absolute atomic E-state index is 0.00921.